The van der Waals surface area contributed by atoms with Gasteiger partial charge in [0, 0.05) is 28.5 Å². The van der Waals surface area contributed by atoms with E-state index < -0.39 is 6.04 Å². The Kier molecular flexibility index (Phi) is 9.99. The van der Waals surface area contributed by atoms with Crippen LogP contribution in [-0.2, 0) is 22.6 Å². The zero-order valence-corrected chi connectivity index (χ0v) is 22.6. The molecule has 1 N–H and O–H groups in total. The monoisotopic (exact) mass is 606 g/mol. The van der Waals surface area contributed by atoms with Gasteiger partial charge in [-0.25, -0.2) is 0 Å². The smallest absolute Gasteiger partial charge is 0.261 e. The number of carbonyl (C=O) groups is 2. The Morgan fingerprint density at radius 2 is 1.65 bits per heavy atom. The number of ether oxygens (including phenoxy) is 1. The second-order valence-corrected chi connectivity index (χ2v) is 9.85. The lowest BCUT2D eigenvalue weighted by Gasteiger charge is -2.31. The van der Waals surface area contributed by atoms with E-state index in [0.29, 0.717) is 23.7 Å². The van der Waals surface area contributed by atoms with E-state index in [9.17, 15) is 9.59 Å². The van der Waals surface area contributed by atoms with Crippen molar-refractivity contribution in [3.8, 4) is 5.75 Å². The van der Waals surface area contributed by atoms with Crippen molar-refractivity contribution >= 4 is 55.3 Å². The van der Waals surface area contributed by atoms with E-state index in [1.807, 2.05) is 61.5 Å². The molecule has 178 valence electrons. The molecule has 0 radical (unpaired) electrons. The van der Waals surface area contributed by atoms with Crippen LogP contribution >= 0.6 is 43.5 Å². The molecule has 3 aromatic rings. The van der Waals surface area contributed by atoms with Crippen molar-refractivity contribution in [3.63, 3.8) is 0 Å². The minimum absolute atomic E-state index is 0.210. The first-order valence-corrected chi connectivity index (χ1v) is 12.8. The molecule has 1 unspecified atom stereocenters. The van der Waals surface area contributed by atoms with Crippen molar-refractivity contribution in [1.82, 2.24) is 10.2 Å². The number of halogens is 3. The molecular formula is C26H25Br2ClN2O3. The van der Waals surface area contributed by atoms with E-state index >= 15 is 0 Å². The average Bonchev–Trinajstić information content (AvgIpc) is 2.82. The molecule has 34 heavy (non-hydrogen) atoms. The summed E-state index contributed by atoms with van der Waals surface area (Å²) in [5.74, 6) is -0.119. The lowest BCUT2D eigenvalue weighted by molar-refractivity contribution is -0.142. The minimum atomic E-state index is -0.706. The van der Waals surface area contributed by atoms with Crippen LogP contribution in [0.1, 0.15) is 18.1 Å². The van der Waals surface area contributed by atoms with Crippen molar-refractivity contribution in [2.24, 2.45) is 0 Å². The fourth-order valence-corrected chi connectivity index (χ4v) is 4.44. The number of rotatable bonds is 10. The maximum absolute atomic E-state index is 13.5. The molecule has 0 heterocycles. The summed E-state index contributed by atoms with van der Waals surface area (Å²) >= 11 is 13.0. The number of carbonyl (C=O) groups excluding carboxylic acids is 2. The second-order valence-electron chi connectivity index (χ2n) is 7.61. The third-order valence-corrected chi connectivity index (χ3v) is 6.45. The highest BCUT2D eigenvalue weighted by molar-refractivity contribution is 9.10. The summed E-state index contributed by atoms with van der Waals surface area (Å²) < 4.78 is 7.50. The molecule has 3 aromatic carbocycles. The van der Waals surface area contributed by atoms with Crippen molar-refractivity contribution < 1.29 is 14.3 Å². The van der Waals surface area contributed by atoms with Crippen LogP contribution in [0.25, 0.3) is 0 Å². The summed E-state index contributed by atoms with van der Waals surface area (Å²) in [7, 11) is 0. The third-order valence-electron chi connectivity index (χ3n) is 5.13. The van der Waals surface area contributed by atoms with Crippen LogP contribution in [0.15, 0.2) is 81.7 Å². The quantitative estimate of drug-likeness (QED) is 0.306. The number of amides is 2. The van der Waals surface area contributed by atoms with Gasteiger partial charge < -0.3 is 15.0 Å². The standard InChI is InChI=1S/C26H25Br2ClN2O3/c1-2-30-26(33)23(14-18-6-4-3-5-7-18)31(16-19-8-10-20(27)11-9-19)25(32)17-34-24-13-12-21(28)15-22(24)29/h3-13,15,23H,2,14,16-17H2,1H3,(H,30,33). The fraction of sp³-hybridized carbons (Fsp3) is 0.231. The lowest BCUT2D eigenvalue weighted by Crippen LogP contribution is -2.51. The van der Waals surface area contributed by atoms with Gasteiger partial charge in [0.25, 0.3) is 5.91 Å². The van der Waals surface area contributed by atoms with Gasteiger partial charge in [-0.05, 0) is 48.4 Å². The molecule has 8 heteroatoms. The number of likely N-dealkylation sites (N-methyl/N-ethyl adjacent to an activating group) is 1. The van der Waals surface area contributed by atoms with Gasteiger partial charge in [0.1, 0.15) is 11.8 Å². The van der Waals surface area contributed by atoms with Crippen molar-refractivity contribution in [1.29, 1.82) is 0 Å². The van der Waals surface area contributed by atoms with Gasteiger partial charge in [-0.3, -0.25) is 9.59 Å². The van der Waals surface area contributed by atoms with E-state index in [1.165, 1.54) is 0 Å². The van der Waals surface area contributed by atoms with Crippen LogP contribution in [-0.4, -0.2) is 35.9 Å². The first-order chi connectivity index (χ1) is 16.4. The van der Waals surface area contributed by atoms with E-state index in [4.69, 9.17) is 16.3 Å². The number of nitrogens with one attached hydrogen (secondary N) is 1. The highest BCUT2D eigenvalue weighted by Crippen LogP contribution is 2.28. The van der Waals surface area contributed by atoms with Gasteiger partial charge in [0.15, 0.2) is 6.61 Å². The molecular weight excluding hydrogens is 584 g/mol. The van der Waals surface area contributed by atoms with E-state index in [0.717, 1.165) is 20.1 Å². The Labute approximate surface area is 221 Å². The topological polar surface area (TPSA) is 58.6 Å². The number of nitrogens with zero attached hydrogens (tertiary/aromatic N) is 1. The first-order valence-electron chi connectivity index (χ1n) is 10.8. The first kappa shape index (κ1) is 26.3. The molecule has 5 nitrogen and oxygen atoms in total. The highest BCUT2D eigenvalue weighted by Gasteiger charge is 2.30. The van der Waals surface area contributed by atoms with Gasteiger partial charge in [0.2, 0.25) is 5.91 Å². The van der Waals surface area contributed by atoms with E-state index in [1.54, 1.807) is 23.1 Å². The van der Waals surface area contributed by atoms with Crippen LogP contribution in [0.2, 0.25) is 5.02 Å². The molecule has 0 aliphatic rings. The second kappa shape index (κ2) is 12.9. The van der Waals surface area contributed by atoms with E-state index in [2.05, 4.69) is 37.2 Å². The maximum Gasteiger partial charge on any atom is 0.261 e. The lowest BCUT2D eigenvalue weighted by atomic mass is 10.0. The Bertz CT molecular complexity index is 1110. The number of benzene rings is 3. The Balaban J connectivity index is 1.89. The predicted octanol–water partition coefficient (Wildman–Crippen LogP) is 6.02. The number of hydrogen-bond acceptors (Lipinski definition) is 3. The summed E-state index contributed by atoms with van der Waals surface area (Å²) in [6, 6.07) is 21.8. The largest absolute Gasteiger partial charge is 0.482 e. The molecule has 0 spiro atoms. The fourth-order valence-electron chi connectivity index (χ4n) is 3.45. The summed E-state index contributed by atoms with van der Waals surface area (Å²) in [4.78, 5) is 28.2. The molecule has 2 amide bonds. The molecule has 1 atom stereocenters. The van der Waals surface area contributed by atoms with Crippen LogP contribution in [0, 0.1) is 0 Å². The highest BCUT2D eigenvalue weighted by atomic mass is 79.9. The summed E-state index contributed by atoms with van der Waals surface area (Å²) in [5.41, 5.74) is 1.87. The maximum atomic E-state index is 13.5. The Hall–Kier alpha value is -2.35. The van der Waals surface area contributed by atoms with Gasteiger partial charge >= 0.3 is 0 Å². The molecule has 0 fully saturated rings. The van der Waals surface area contributed by atoms with Crippen LogP contribution in [0.4, 0.5) is 0 Å². The molecule has 0 aliphatic carbocycles. The minimum Gasteiger partial charge on any atom is -0.482 e. The van der Waals surface area contributed by atoms with Crippen LogP contribution in [0.5, 0.6) is 5.75 Å². The SMILES string of the molecule is CCNC(=O)C(Cc1ccccc1)N(Cc1ccc(Br)cc1)C(=O)COc1ccc(Br)cc1Cl. The summed E-state index contributed by atoms with van der Waals surface area (Å²) in [5, 5.41) is 3.27. The van der Waals surface area contributed by atoms with Crippen molar-refractivity contribution in [3.05, 3.63) is 97.9 Å². The van der Waals surface area contributed by atoms with Crippen molar-refractivity contribution in [2.75, 3.05) is 13.2 Å². The average molecular weight is 609 g/mol. The van der Waals surface area contributed by atoms with Gasteiger partial charge in [-0.15, -0.1) is 0 Å². The zero-order chi connectivity index (χ0) is 24.5. The molecule has 0 saturated heterocycles. The van der Waals surface area contributed by atoms with Crippen LogP contribution in [0.3, 0.4) is 0 Å². The summed E-state index contributed by atoms with van der Waals surface area (Å²) in [6.07, 6.45) is 0.383. The van der Waals surface area contributed by atoms with Crippen molar-refractivity contribution in [2.45, 2.75) is 25.9 Å². The predicted molar refractivity (Wildman–Crippen MR) is 142 cm³/mol. The van der Waals surface area contributed by atoms with Gasteiger partial charge in [-0.2, -0.15) is 0 Å². The molecule has 3 rings (SSSR count). The molecule has 0 aromatic heterocycles. The Morgan fingerprint density at radius 1 is 0.971 bits per heavy atom. The normalized spacial score (nSPS) is 11.5. The van der Waals surface area contributed by atoms with E-state index in [-0.39, 0.29) is 25.0 Å². The molecule has 0 bridgehead atoms. The zero-order valence-electron chi connectivity index (χ0n) is 18.6. The number of hydrogen-bond donors (Lipinski definition) is 1. The molecule has 0 saturated carbocycles. The summed E-state index contributed by atoms with van der Waals surface area (Å²) in [6.45, 7) is 2.34. The van der Waals surface area contributed by atoms with Gasteiger partial charge in [-0.1, -0.05) is 85.9 Å². The van der Waals surface area contributed by atoms with Gasteiger partial charge in [0.05, 0.1) is 5.02 Å². The van der Waals surface area contributed by atoms with Crippen LogP contribution < -0.4 is 10.1 Å². The Morgan fingerprint density at radius 3 is 2.29 bits per heavy atom. The molecule has 0 aliphatic heterocycles. The third kappa shape index (κ3) is 7.58.